The van der Waals surface area contributed by atoms with Crippen LogP contribution in [0.4, 0.5) is 0 Å². The maximum absolute atomic E-state index is 12.8. The Hall–Kier alpha value is -1.35. The SMILES string of the molecule is CCCCOc1ccc(C)cc1C(=O)CN1CC(C)CC(C)C1. The number of likely N-dealkylation sites (tertiary alicyclic amines) is 1. The zero-order chi connectivity index (χ0) is 16.8. The highest BCUT2D eigenvalue weighted by Crippen LogP contribution is 2.24. The molecular weight excluding hydrogens is 286 g/mol. The van der Waals surface area contributed by atoms with E-state index in [1.807, 2.05) is 25.1 Å². The first-order valence-corrected chi connectivity index (χ1v) is 8.98. The molecule has 0 aliphatic carbocycles. The van der Waals surface area contributed by atoms with Crippen LogP contribution in [0.3, 0.4) is 0 Å². The molecule has 0 N–H and O–H groups in total. The summed E-state index contributed by atoms with van der Waals surface area (Å²) < 4.78 is 5.85. The molecule has 1 saturated heterocycles. The van der Waals surface area contributed by atoms with Crippen molar-refractivity contribution in [2.75, 3.05) is 26.2 Å². The molecule has 2 unspecified atom stereocenters. The third-order valence-electron chi connectivity index (χ3n) is 4.50. The first kappa shape index (κ1) is 18.0. The predicted octanol–water partition coefficient (Wildman–Crippen LogP) is 4.33. The second-order valence-corrected chi connectivity index (χ2v) is 7.26. The fraction of sp³-hybridized carbons (Fsp3) is 0.650. The zero-order valence-corrected chi connectivity index (χ0v) is 15.1. The fourth-order valence-corrected chi connectivity index (χ4v) is 3.52. The molecule has 3 heteroatoms. The number of Topliss-reactive ketones (excluding diaryl/α,β-unsaturated/α-hetero) is 1. The number of carbonyl (C=O) groups is 1. The van der Waals surface area contributed by atoms with Gasteiger partial charge in [-0.25, -0.2) is 0 Å². The minimum absolute atomic E-state index is 0.182. The van der Waals surface area contributed by atoms with Gasteiger partial charge in [0.05, 0.1) is 18.7 Å². The Balaban J connectivity index is 2.06. The minimum Gasteiger partial charge on any atom is -0.493 e. The molecule has 1 aromatic rings. The van der Waals surface area contributed by atoms with Crippen LogP contribution in [0.1, 0.15) is 56.0 Å². The monoisotopic (exact) mass is 317 g/mol. The van der Waals surface area contributed by atoms with E-state index in [0.29, 0.717) is 25.0 Å². The molecule has 128 valence electrons. The Bertz CT molecular complexity index is 516. The summed E-state index contributed by atoms with van der Waals surface area (Å²) in [5.41, 5.74) is 1.85. The molecule has 1 fully saturated rings. The van der Waals surface area contributed by atoms with E-state index in [1.165, 1.54) is 6.42 Å². The van der Waals surface area contributed by atoms with E-state index in [0.717, 1.165) is 42.8 Å². The highest BCUT2D eigenvalue weighted by atomic mass is 16.5. The zero-order valence-electron chi connectivity index (χ0n) is 15.1. The lowest BCUT2D eigenvalue weighted by atomic mass is 9.91. The molecule has 0 saturated carbocycles. The molecule has 0 amide bonds. The summed E-state index contributed by atoms with van der Waals surface area (Å²) in [6.45, 7) is 11.9. The van der Waals surface area contributed by atoms with Crippen molar-refractivity contribution in [3.63, 3.8) is 0 Å². The summed E-state index contributed by atoms with van der Waals surface area (Å²) in [6, 6.07) is 5.93. The van der Waals surface area contributed by atoms with Gasteiger partial charge in [0.2, 0.25) is 0 Å². The minimum atomic E-state index is 0.182. The number of carbonyl (C=O) groups excluding carboxylic acids is 1. The molecule has 0 spiro atoms. The third kappa shape index (κ3) is 5.35. The molecule has 1 heterocycles. The molecule has 0 aromatic heterocycles. The number of aryl methyl sites for hydroxylation is 1. The summed E-state index contributed by atoms with van der Waals surface area (Å²) >= 11 is 0. The van der Waals surface area contributed by atoms with Crippen LogP contribution >= 0.6 is 0 Å². The molecule has 23 heavy (non-hydrogen) atoms. The van der Waals surface area contributed by atoms with Crippen LogP contribution < -0.4 is 4.74 Å². The normalized spacial score (nSPS) is 22.1. The lowest BCUT2D eigenvalue weighted by molar-refractivity contribution is 0.0845. The number of unbranched alkanes of at least 4 members (excludes halogenated alkanes) is 1. The van der Waals surface area contributed by atoms with E-state index >= 15 is 0 Å². The molecule has 1 aliphatic heterocycles. The molecule has 0 radical (unpaired) electrons. The van der Waals surface area contributed by atoms with Crippen LogP contribution in [0, 0.1) is 18.8 Å². The predicted molar refractivity (Wildman–Crippen MR) is 95.3 cm³/mol. The molecule has 3 nitrogen and oxygen atoms in total. The van der Waals surface area contributed by atoms with E-state index in [4.69, 9.17) is 4.74 Å². The average molecular weight is 317 g/mol. The van der Waals surface area contributed by atoms with Crippen molar-refractivity contribution >= 4 is 5.78 Å². The van der Waals surface area contributed by atoms with Gasteiger partial charge in [-0.15, -0.1) is 0 Å². The first-order valence-electron chi connectivity index (χ1n) is 8.98. The van der Waals surface area contributed by atoms with Crippen LogP contribution in [-0.2, 0) is 0 Å². The second-order valence-electron chi connectivity index (χ2n) is 7.26. The molecule has 1 aromatic carbocycles. The average Bonchev–Trinajstić information content (AvgIpc) is 2.47. The molecular formula is C20H31NO2. The van der Waals surface area contributed by atoms with Crippen molar-refractivity contribution in [2.24, 2.45) is 11.8 Å². The molecule has 2 atom stereocenters. The lowest BCUT2D eigenvalue weighted by Crippen LogP contribution is -2.41. The number of nitrogens with zero attached hydrogens (tertiary/aromatic N) is 1. The van der Waals surface area contributed by atoms with Gasteiger partial charge >= 0.3 is 0 Å². The number of piperidine rings is 1. The van der Waals surface area contributed by atoms with Gasteiger partial charge in [-0.3, -0.25) is 9.69 Å². The first-order chi connectivity index (χ1) is 11.0. The van der Waals surface area contributed by atoms with E-state index in [9.17, 15) is 4.79 Å². The van der Waals surface area contributed by atoms with E-state index in [2.05, 4.69) is 25.7 Å². The van der Waals surface area contributed by atoms with Crippen LogP contribution in [0.15, 0.2) is 18.2 Å². The highest BCUT2D eigenvalue weighted by Gasteiger charge is 2.24. The van der Waals surface area contributed by atoms with Gasteiger partial charge < -0.3 is 4.74 Å². The van der Waals surface area contributed by atoms with Crippen molar-refractivity contribution in [3.8, 4) is 5.75 Å². The maximum Gasteiger partial charge on any atom is 0.180 e. The Morgan fingerprint density at radius 3 is 2.61 bits per heavy atom. The molecule has 1 aliphatic rings. The highest BCUT2D eigenvalue weighted by molar-refractivity contribution is 6.00. The molecule has 0 bridgehead atoms. The number of hydrogen-bond donors (Lipinski definition) is 0. The van der Waals surface area contributed by atoms with Crippen molar-refractivity contribution in [1.82, 2.24) is 4.90 Å². The maximum atomic E-state index is 12.8. The Labute approximate surface area is 141 Å². The van der Waals surface area contributed by atoms with Gasteiger partial charge in [0.15, 0.2) is 5.78 Å². The largest absolute Gasteiger partial charge is 0.493 e. The van der Waals surface area contributed by atoms with Crippen LogP contribution in [-0.4, -0.2) is 36.9 Å². The van der Waals surface area contributed by atoms with Crippen LogP contribution in [0.25, 0.3) is 0 Å². The number of ketones is 1. The number of ether oxygens (including phenoxy) is 1. The standard InChI is InChI=1S/C20H31NO2/c1-5-6-9-23-20-8-7-15(2)11-18(20)19(22)14-21-12-16(3)10-17(4)13-21/h7-8,11,16-17H,5-6,9-10,12-14H2,1-4H3. The van der Waals surface area contributed by atoms with Crippen molar-refractivity contribution < 1.29 is 9.53 Å². The summed E-state index contributed by atoms with van der Waals surface area (Å²) in [6.07, 6.45) is 3.38. The fourth-order valence-electron chi connectivity index (χ4n) is 3.52. The van der Waals surface area contributed by atoms with Gasteiger partial charge in [0, 0.05) is 13.1 Å². The summed E-state index contributed by atoms with van der Waals surface area (Å²) in [5.74, 6) is 2.27. The van der Waals surface area contributed by atoms with Crippen molar-refractivity contribution in [2.45, 2.75) is 47.0 Å². The summed E-state index contributed by atoms with van der Waals surface area (Å²) in [7, 11) is 0. The number of rotatable bonds is 7. The number of hydrogen-bond acceptors (Lipinski definition) is 3. The van der Waals surface area contributed by atoms with E-state index < -0.39 is 0 Å². The van der Waals surface area contributed by atoms with Gasteiger partial charge in [0.1, 0.15) is 5.75 Å². The Morgan fingerprint density at radius 1 is 1.26 bits per heavy atom. The summed E-state index contributed by atoms with van der Waals surface area (Å²) in [4.78, 5) is 15.1. The van der Waals surface area contributed by atoms with Gasteiger partial charge in [-0.1, -0.05) is 38.8 Å². The van der Waals surface area contributed by atoms with Crippen LogP contribution in [0.2, 0.25) is 0 Å². The van der Waals surface area contributed by atoms with E-state index in [1.54, 1.807) is 0 Å². The van der Waals surface area contributed by atoms with Gasteiger partial charge in [-0.05, 0) is 43.7 Å². The third-order valence-corrected chi connectivity index (χ3v) is 4.50. The quantitative estimate of drug-likeness (QED) is 0.553. The smallest absolute Gasteiger partial charge is 0.180 e. The Kier molecular flexibility index (Phi) is 6.64. The van der Waals surface area contributed by atoms with Crippen molar-refractivity contribution in [1.29, 1.82) is 0 Å². The Morgan fingerprint density at radius 2 is 1.96 bits per heavy atom. The van der Waals surface area contributed by atoms with Crippen LogP contribution in [0.5, 0.6) is 5.75 Å². The number of benzene rings is 1. The second kappa shape index (κ2) is 8.49. The molecule has 2 rings (SSSR count). The van der Waals surface area contributed by atoms with Crippen molar-refractivity contribution in [3.05, 3.63) is 29.3 Å². The van der Waals surface area contributed by atoms with Gasteiger partial charge in [0.25, 0.3) is 0 Å². The summed E-state index contributed by atoms with van der Waals surface area (Å²) in [5, 5.41) is 0. The topological polar surface area (TPSA) is 29.5 Å². The van der Waals surface area contributed by atoms with Gasteiger partial charge in [-0.2, -0.15) is 0 Å². The van der Waals surface area contributed by atoms with E-state index in [-0.39, 0.29) is 5.78 Å². The lowest BCUT2D eigenvalue weighted by Gasteiger charge is -2.34.